The Morgan fingerprint density at radius 1 is 1.00 bits per heavy atom. The summed E-state index contributed by atoms with van der Waals surface area (Å²) in [6, 6.07) is 3.81. The highest BCUT2D eigenvalue weighted by Crippen LogP contribution is 2.12. The first-order valence-corrected chi connectivity index (χ1v) is 10.3. The van der Waals surface area contributed by atoms with Gasteiger partial charge in [-0.3, -0.25) is 9.69 Å². The minimum absolute atomic E-state index is 0.248. The van der Waals surface area contributed by atoms with Crippen LogP contribution in [0.5, 0.6) is 0 Å². The molecule has 29 heavy (non-hydrogen) atoms. The third kappa shape index (κ3) is 5.30. The lowest BCUT2D eigenvalue weighted by atomic mass is 10.2. The van der Waals surface area contributed by atoms with Crippen molar-refractivity contribution in [2.75, 3.05) is 63.8 Å². The molecule has 2 saturated heterocycles. The molecular weight excluding hydrogens is 370 g/mol. The monoisotopic (exact) mass is 399 g/mol. The van der Waals surface area contributed by atoms with Crippen LogP contribution in [0.3, 0.4) is 0 Å². The molecule has 0 bridgehead atoms. The van der Waals surface area contributed by atoms with Crippen molar-refractivity contribution in [3.63, 3.8) is 0 Å². The van der Waals surface area contributed by atoms with Gasteiger partial charge in [0.15, 0.2) is 5.76 Å². The first-order valence-electron chi connectivity index (χ1n) is 10.3. The van der Waals surface area contributed by atoms with Crippen LogP contribution >= 0.6 is 0 Å². The molecule has 2 fully saturated rings. The molecule has 0 N–H and O–H groups in total. The average molecular weight is 399 g/mol. The van der Waals surface area contributed by atoms with Gasteiger partial charge in [0.05, 0.1) is 12.2 Å². The van der Waals surface area contributed by atoms with E-state index < -0.39 is 0 Å². The van der Waals surface area contributed by atoms with E-state index >= 15 is 0 Å². The molecule has 4 rings (SSSR count). The van der Waals surface area contributed by atoms with Gasteiger partial charge >= 0.3 is 0 Å². The largest absolute Gasteiger partial charge is 0.360 e. The molecule has 0 atom stereocenters. The van der Waals surface area contributed by atoms with E-state index in [0.29, 0.717) is 6.42 Å². The molecule has 2 aliphatic rings. The topological polar surface area (TPSA) is 81.8 Å². The molecule has 0 aliphatic carbocycles. The van der Waals surface area contributed by atoms with Crippen molar-refractivity contribution in [3.05, 3.63) is 36.0 Å². The molecule has 156 valence electrons. The summed E-state index contributed by atoms with van der Waals surface area (Å²) in [5, 5.41) is 3.95. The summed E-state index contributed by atoms with van der Waals surface area (Å²) in [5.74, 6) is 1.92. The third-order valence-corrected chi connectivity index (χ3v) is 5.63. The van der Waals surface area contributed by atoms with E-state index in [2.05, 4.69) is 29.8 Å². The number of carbonyl (C=O) groups excluding carboxylic acids is 1. The van der Waals surface area contributed by atoms with Crippen LogP contribution in [0, 0.1) is 6.92 Å². The maximum Gasteiger partial charge on any atom is 0.225 e. The van der Waals surface area contributed by atoms with Crippen LogP contribution in [0.1, 0.15) is 17.9 Å². The molecule has 1 amide bonds. The molecule has 0 radical (unpaired) electrons. The first-order chi connectivity index (χ1) is 14.2. The van der Waals surface area contributed by atoms with E-state index in [9.17, 15) is 4.79 Å². The highest BCUT2D eigenvalue weighted by molar-refractivity contribution is 5.76. The second-order valence-corrected chi connectivity index (χ2v) is 7.72. The van der Waals surface area contributed by atoms with E-state index in [0.717, 1.165) is 82.9 Å². The van der Waals surface area contributed by atoms with E-state index in [1.54, 1.807) is 12.4 Å². The Balaban J connectivity index is 1.14. The molecule has 0 unspecified atom stereocenters. The maximum atomic E-state index is 12.6. The number of anilines is 1. The number of aryl methyl sites for hydroxylation is 1. The molecule has 2 aromatic rings. The van der Waals surface area contributed by atoms with Crippen LogP contribution in [0.25, 0.3) is 0 Å². The van der Waals surface area contributed by atoms with Crippen molar-refractivity contribution in [1.82, 2.24) is 29.8 Å². The van der Waals surface area contributed by atoms with Crippen LogP contribution in [-0.4, -0.2) is 94.6 Å². The standard InChI is InChI=1S/C20H29N7O2/c1-17-15-18(29-23-17)16-25-9-7-24(8-10-25)6-3-19(28)26-11-13-27(14-12-26)20-21-4-2-5-22-20/h2,4-5,15H,3,6-14,16H2,1H3. The quantitative estimate of drug-likeness (QED) is 0.700. The molecule has 9 heteroatoms. The fourth-order valence-corrected chi connectivity index (χ4v) is 3.90. The summed E-state index contributed by atoms with van der Waals surface area (Å²) in [6.07, 6.45) is 4.10. The lowest BCUT2D eigenvalue weighted by Gasteiger charge is -2.36. The number of amides is 1. The summed E-state index contributed by atoms with van der Waals surface area (Å²) in [4.78, 5) is 30.1. The smallest absolute Gasteiger partial charge is 0.225 e. The van der Waals surface area contributed by atoms with Gasteiger partial charge in [0.25, 0.3) is 0 Å². The second-order valence-electron chi connectivity index (χ2n) is 7.72. The minimum atomic E-state index is 0.248. The van der Waals surface area contributed by atoms with Crippen LogP contribution < -0.4 is 4.90 Å². The van der Waals surface area contributed by atoms with Crippen LogP contribution in [0.4, 0.5) is 5.95 Å². The summed E-state index contributed by atoms with van der Waals surface area (Å²) >= 11 is 0. The highest BCUT2D eigenvalue weighted by Gasteiger charge is 2.24. The van der Waals surface area contributed by atoms with Crippen molar-refractivity contribution in [1.29, 1.82) is 0 Å². The van der Waals surface area contributed by atoms with Gasteiger partial charge in [-0.2, -0.15) is 0 Å². The zero-order valence-electron chi connectivity index (χ0n) is 17.0. The van der Waals surface area contributed by atoms with Gasteiger partial charge in [-0.05, 0) is 13.0 Å². The molecule has 0 saturated carbocycles. The molecule has 0 spiro atoms. The summed E-state index contributed by atoms with van der Waals surface area (Å²) in [6.45, 7) is 10.6. The fraction of sp³-hybridized carbons (Fsp3) is 0.600. The summed E-state index contributed by atoms with van der Waals surface area (Å²) < 4.78 is 5.31. The highest BCUT2D eigenvalue weighted by atomic mass is 16.5. The number of nitrogens with zero attached hydrogens (tertiary/aromatic N) is 7. The Labute approximate surface area is 171 Å². The van der Waals surface area contributed by atoms with Crippen molar-refractivity contribution < 1.29 is 9.32 Å². The Hall–Kier alpha value is -2.52. The van der Waals surface area contributed by atoms with E-state index in [-0.39, 0.29) is 5.91 Å². The Kier molecular flexibility index (Phi) is 6.36. The number of hydrogen-bond donors (Lipinski definition) is 0. The molecule has 4 heterocycles. The lowest BCUT2D eigenvalue weighted by Crippen LogP contribution is -2.50. The van der Waals surface area contributed by atoms with Gasteiger partial charge in [-0.1, -0.05) is 5.16 Å². The van der Waals surface area contributed by atoms with Crippen LogP contribution in [0.15, 0.2) is 29.0 Å². The van der Waals surface area contributed by atoms with Crippen molar-refractivity contribution in [3.8, 4) is 0 Å². The Morgan fingerprint density at radius 3 is 2.34 bits per heavy atom. The predicted molar refractivity (Wildman–Crippen MR) is 108 cm³/mol. The van der Waals surface area contributed by atoms with E-state index in [1.807, 2.05) is 24.0 Å². The van der Waals surface area contributed by atoms with E-state index in [1.165, 1.54) is 0 Å². The van der Waals surface area contributed by atoms with Gasteiger partial charge in [0, 0.05) is 83.8 Å². The van der Waals surface area contributed by atoms with Gasteiger partial charge in [-0.15, -0.1) is 0 Å². The Bertz CT molecular complexity index is 781. The number of hydrogen-bond acceptors (Lipinski definition) is 8. The van der Waals surface area contributed by atoms with Gasteiger partial charge in [-0.25, -0.2) is 9.97 Å². The number of aromatic nitrogens is 3. The number of rotatable bonds is 6. The van der Waals surface area contributed by atoms with Crippen LogP contribution in [-0.2, 0) is 11.3 Å². The Morgan fingerprint density at radius 2 is 1.69 bits per heavy atom. The zero-order chi connectivity index (χ0) is 20.1. The van der Waals surface area contributed by atoms with Gasteiger partial charge in [0.2, 0.25) is 11.9 Å². The third-order valence-electron chi connectivity index (χ3n) is 5.63. The first kappa shape index (κ1) is 19.8. The second kappa shape index (κ2) is 9.32. The zero-order valence-corrected chi connectivity index (χ0v) is 17.0. The summed E-state index contributed by atoms with van der Waals surface area (Å²) in [7, 11) is 0. The number of piperazine rings is 2. The normalized spacial score (nSPS) is 18.9. The fourth-order valence-electron chi connectivity index (χ4n) is 3.90. The average Bonchev–Trinajstić information content (AvgIpc) is 3.18. The molecular formula is C20H29N7O2. The minimum Gasteiger partial charge on any atom is -0.360 e. The maximum absolute atomic E-state index is 12.6. The van der Waals surface area contributed by atoms with Crippen molar-refractivity contribution >= 4 is 11.9 Å². The van der Waals surface area contributed by atoms with E-state index in [4.69, 9.17) is 4.52 Å². The predicted octanol–water partition coefficient (Wildman–Crippen LogP) is 0.630. The molecule has 2 aromatic heterocycles. The van der Waals surface area contributed by atoms with Gasteiger partial charge in [0.1, 0.15) is 0 Å². The van der Waals surface area contributed by atoms with Crippen molar-refractivity contribution in [2.24, 2.45) is 0 Å². The number of carbonyl (C=O) groups is 1. The van der Waals surface area contributed by atoms with Crippen LogP contribution in [0.2, 0.25) is 0 Å². The molecule has 9 nitrogen and oxygen atoms in total. The van der Waals surface area contributed by atoms with Crippen molar-refractivity contribution in [2.45, 2.75) is 19.9 Å². The molecule has 0 aromatic carbocycles. The van der Waals surface area contributed by atoms with Gasteiger partial charge < -0.3 is 19.2 Å². The molecule has 2 aliphatic heterocycles. The SMILES string of the molecule is Cc1cc(CN2CCN(CCC(=O)N3CCN(c4ncccn4)CC3)CC2)on1. The lowest BCUT2D eigenvalue weighted by molar-refractivity contribution is -0.131. The summed E-state index contributed by atoms with van der Waals surface area (Å²) in [5.41, 5.74) is 0.925.